The van der Waals surface area contributed by atoms with Gasteiger partial charge in [0.2, 0.25) is 6.79 Å². The number of fused-ring (bicyclic) bond motifs is 2. The van der Waals surface area contributed by atoms with E-state index in [9.17, 15) is 8.78 Å². The molecule has 1 aliphatic rings. The molecule has 0 radical (unpaired) electrons. The van der Waals surface area contributed by atoms with Gasteiger partial charge in [0.1, 0.15) is 5.75 Å². The molecule has 2 heterocycles. The Labute approximate surface area is 172 Å². The molecule has 0 bridgehead atoms. The van der Waals surface area contributed by atoms with Crippen LogP contribution < -0.4 is 24.8 Å². The first-order chi connectivity index (χ1) is 14.6. The monoisotopic (exact) mass is 416 g/mol. The molecule has 0 unspecified atom stereocenters. The molecule has 7 nitrogen and oxygen atoms in total. The van der Waals surface area contributed by atoms with Crippen LogP contribution in [0.25, 0.3) is 10.9 Å². The van der Waals surface area contributed by atoms with E-state index in [0.717, 1.165) is 11.9 Å². The normalized spacial score (nSPS) is 13.1. The molecule has 3 N–H and O–H groups in total. The van der Waals surface area contributed by atoms with Gasteiger partial charge in [-0.3, -0.25) is 4.99 Å². The van der Waals surface area contributed by atoms with Crippen molar-refractivity contribution in [1.29, 1.82) is 0 Å². The molecular formula is C21H22F2N4O3. The fraction of sp³-hybridized carbons (Fsp3) is 0.286. The first-order valence-electron chi connectivity index (χ1n) is 9.51. The number of hydrogen-bond donors (Lipinski definition) is 3. The van der Waals surface area contributed by atoms with Crippen molar-refractivity contribution in [2.24, 2.45) is 4.99 Å². The Morgan fingerprint density at radius 1 is 1.17 bits per heavy atom. The summed E-state index contributed by atoms with van der Waals surface area (Å²) in [7, 11) is 1.65. The fourth-order valence-electron chi connectivity index (χ4n) is 3.36. The van der Waals surface area contributed by atoms with E-state index in [4.69, 9.17) is 9.47 Å². The van der Waals surface area contributed by atoms with Crippen LogP contribution in [0.3, 0.4) is 0 Å². The van der Waals surface area contributed by atoms with E-state index in [2.05, 4.69) is 31.4 Å². The van der Waals surface area contributed by atoms with Crippen LogP contribution >= 0.6 is 0 Å². The lowest BCUT2D eigenvalue weighted by molar-refractivity contribution is -0.0505. The summed E-state index contributed by atoms with van der Waals surface area (Å²) in [5.41, 5.74) is 2.82. The van der Waals surface area contributed by atoms with Crippen LogP contribution in [0.2, 0.25) is 0 Å². The van der Waals surface area contributed by atoms with Crippen LogP contribution in [0.4, 0.5) is 8.78 Å². The van der Waals surface area contributed by atoms with Gasteiger partial charge in [-0.1, -0.05) is 18.2 Å². The van der Waals surface area contributed by atoms with Crippen LogP contribution in [0, 0.1) is 0 Å². The lowest BCUT2D eigenvalue weighted by Gasteiger charge is -2.15. The number of ether oxygens (including phenoxy) is 3. The zero-order valence-electron chi connectivity index (χ0n) is 16.4. The summed E-state index contributed by atoms with van der Waals surface area (Å²) in [4.78, 5) is 7.45. The summed E-state index contributed by atoms with van der Waals surface area (Å²) in [6.07, 6.45) is 2.80. The lowest BCUT2D eigenvalue weighted by atomic mass is 10.1. The highest BCUT2D eigenvalue weighted by molar-refractivity contribution is 5.83. The zero-order valence-corrected chi connectivity index (χ0v) is 16.4. The van der Waals surface area contributed by atoms with Gasteiger partial charge in [-0.05, 0) is 24.1 Å². The average Bonchev–Trinajstić information content (AvgIpc) is 3.36. The van der Waals surface area contributed by atoms with Crippen molar-refractivity contribution >= 4 is 16.9 Å². The Bertz CT molecular complexity index is 1050. The Kier molecular flexibility index (Phi) is 5.87. The number of guanidine groups is 1. The molecule has 4 rings (SSSR count). The predicted molar refractivity (Wildman–Crippen MR) is 109 cm³/mol. The third-order valence-electron chi connectivity index (χ3n) is 4.80. The molecule has 2 aromatic carbocycles. The van der Waals surface area contributed by atoms with Gasteiger partial charge in [0.15, 0.2) is 17.5 Å². The van der Waals surface area contributed by atoms with E-state index in [1.165, 1.54) is 17.0 Å². The maximum atomic E-state index is 12.8. The van der Waals surface area contributed by atoms with Gasteiger partial charge >= 0.3 is 6.61 Å². The number of aromatic nitrogens is 1. The lowest BCUT2D eigenvalue weighted by Crippen LogP contribution is -2.37. The number of nitrogens with one attached hydrogen (secondary N) is 3. The van der Waals surface area contributed by atoms with Crippen molar-refractivity contribution in [3.05, 3.63) is 53.7 Å². The van der Waals surface area contributed by atoms with Gasteiger partial charge in [0.05, 0.1) is 0 Å². The van der Waals surface area contributed by atoms with Gasteiger partial charge in [-0.15, -0.1) is 0 Å². The van der Waals surface area contributed by atoms with Crippen LogP contribution in [0.5, 0.6) is 17.2 Å². The fourth-order valence-corrected chi connectivity index (χ4v) is 3.36. The molecule has 3 aromatic rings. The molecule has 0 atom stereocenters. The van der Waals surface area contributed by atoms with Gasteiger partial charge in [0.25, 0.3) is 0 Å². The second kappa shape index (κ2) is 8.89. The Hall–Kier alpha value is -3.49. The first kappa shape index (κ1) is 19.8. The summed E-state index contributed by atoms with van der Waals surface area (Å²) < 4.78 is 40.8. The minimum atomic E-state index is -2.93. The van der Waals surface area contributed by atoms with Gasteiger partial charge < -0.3 is 29.8 Å². The van der Waals surface area contributed by atoms with E-state index in [-0.39, 0.29) is 19.1 Å². The van der Waals surface area contributed by atoms with Crippen molar-refractivity contribution in [3.8, 4) is 17.2 Å². The number of hydrogen-bond acceptors (Lipinski definition) is 4. The Balaban J connectivity index is 1.36. The summed E-state index contributed by atoms with van der Waals surface area (Å²) in [6, 6.07) is 11.2. The third kappa shape index (κ3) is 4.40. The number of nitrogens with zero attached hydrogens (tertiary/aromatic N) is 1. The van der Waals surface area contributed by atoms with Gasteiger partial charge in [-0.25, -0.2) is 0 Å². The Morgan fingerprint density at radius 2 is 1.97 bits per heavy atom. The predicted octanol–water partition coefficient (Wildman–Crippen LogP) is 3.41. The summed E-state index contributed by atoms with van der Waals surface area (Å²) in [5, 5.41) is 7.54. The van der Waals surface area contributed by atoms with Crippen LogP contribution in [-0.4, -0.2) is 37.9 Å². The SMILES string of the molecule is CN=C(NCCc1c[nH]c2ccccc12)NCc1cc2c(cc1OC(F)F)OCO2. The summed E-state index contributed by atoms with van der Waals surface area (Å²) in [5.74, 6) is 1.47. The molecule has 0 saturated heterocycles. The molecule has 158 valence electrons. The average molecular weight is 416 g/mol. The molecule has 0 amide bonds. The highest BCUT2D eigenvalue weighted by Gasteiger charge is 2.20. The van der Waals surface area contributed by atoms with Gasteiger partial charge in [-0.2, -0.15) is 8.78 Å². The number of alkyl halides is 2. The van der Waals surface area contributed by atoms with E-state index >= 15 is 0 Å². The maximum Gasteiger partial charge on any atom is 0.387 e. The second-order valence-corrected chi connectivity index (χ2v) is 6.65. The van der Waals surface area contributed by atoms with E-state index in [1.54, 1.807) is 13.1 Å². The van der Waals surface area contributed by atoms with Crippen molar-refractivity contribution in [3.63, 3.8) is 0 Å². The molecule has 9 heteroatoms. The standard InChI is InChI=1S/C21H22F2N4O3/c1-24-21(25-7-6-13-10-26-16-5-3-2-4-15(13)16)27-11-14-8-18-19(29-12-28-18)9-17(14)30-20(22)23/h2-5,8-10,20,26H,6-7,11-12H2,1H3,(H2,24,25,27). The minimum absolute atomic E-state index is 0.0380. The third-order valence-corrected chi connectivity index (χ3v) is 4.80. The number of para-hydroxylation sites is 1. The molecule has 1 aliphatic heterocycles. The van der Waals surface area contributed by atoms with E-state index in [1.807, 2.05) is 24.4 Å². The molecular weight excluding hydrogens is 394 g/mol. The molecule has 0 aliphatic carbocycles. The number of H-pyrrole nitrogens is 1. The van der Waals surface area contributed by atoms with Crippen molar-refractivity contribution in [2.75, 3.05) is 20.4 Å². The van der Waals surface area contributed by atoms with Crippen molar-refractivity contribution in [1.82, 2.24) is 15.6 Å². The van der Waals surface area contributed by atoms with E-state index < -0.39 is 6.61 Å². The number of rotatable bonds is 7. The summed E-state index contributed by atoms with van der Waals surface area (Å²) in [6.45, 7) is -2.00. The highest BCUT2D eigenvalue weighted by Crippen LogP contribution is 2.38. The van der Waals surface area contributed by atoms with Crippen LogP contribution in [0.1, 0.15) is 11.1 Å². The minimum Gasteiger partial charge on any atom is -0.454 e. The molecule has 0 saturated carbocycles. The molecule has 0 fully saturated rings. The van der Waals surface area contributed by atoms with Gasteiger partial charge in [0, 0.05) is 48.9 Å². The summed E-state index contributed by atoms with van der Waals surface area (Å²) >= 11 is 0. The largest absolute Gasteiger partial charge is 0.454 e. The van der Waals surface area contributed by atoms with Crippen LogP contribution in [0.15, 0.2) is 47.6 Å². The number of benzene rings is 2. The van der Waals surface area contributed by atoms with E-state index in [0.29, 0.717) is 29.6 Å². The number of aromatic amines is 1. The molecule has 0 spiro atoms. The van der Waals surface area contributed by atoms with Crippen molar-refractivity contribution in [2.45, 2.75) is 19.6 Å². The smallest absolute Gasteiger partial charge is 0.387 e. The topological polar surface area (TPSA) is 79.9 Å². The highest BCUT2D eigenvalue weighted by atomic mass is 19.3. The Morgan fingerprint density at radius 3 is 2.77 bits per heavy atom. The maximum absolute atomic E-state index is 12.8. The zero-order chi connectivity index (χ0) is 20.9. The first-order valence-corrected chi connectivity index (χ1v) is 9.51. The molecule has 1 aromatic heterocycles. The number of halogens is 2. The second-order valence-electron chi connectivity index (χ2n) is 6.65. The number of aliphatic imine (C=N–C) groups is 1. The molecule has 30 heavy (non-hydrogen) atoms. The van der Waals surface area contributed by atoms with Crippen LogP contribution in [-0.2, 0) is 13.0 Å². The van der Waals surface area contributed by atoms with Crippen molar-refractivity contribution < 1.29 is 23.0 Å². The quantitative estimate of drug-likeness (QED) is 0.406.